The molecule has 0 fully saturated rings. The SMILES string of the molecule is Cc1ccc(F)cc1Nc1nccn1CC(C)C. The van der Waals surface area contributed by atoms with E-state index in [0.29, 0.717) is 5.92 Å². The number of aromatic nitrogens is 2. The number of hydrogen-bond acceptors (Lipinski definition) is 2. The zero-order chi connectivity index (χ0) is 13.1. The van der Waals surface area contributed by atoms with Crippen LogP contribution in [0.2, 0.25) is 0 Å². The molecular formula is C14H18FN3. The molecular weight excluding hydrogens is 229 g/mol. The van der Waals surface area contributed by atoms with E-state index in [9.17, 15) is 4.39 Å². The van der Waals surface area contributed by atoms with Crippen LogP contribution in [0.3, 0.4) is 0 Å². The van der Waals surface area contributed by atoms with Gasteiger partial charge in [0.1, 0.15) is 5.82 Å². The van der Waals surface area contributed by atoms with Crippen molar-refractivity contribution in [3.63, 3.8) is 0 Å². The highest BCUT2D eigenvalue weighted by Gasteiger charge is 2.07. The molecule has 2 aromatic rings. The van der Waals surface area contributed by atoms with E-state index in [1.807, 2.05) is 17.7 Å². The number of nitrogens with zero attached hydrogens (tertiary/aromatic N) is 2. The number of imidazole rings is 1. The van der Waals surface area contributed by atoms with Crippen molar-refractivity contribution in [3.05, 3.63) is 42.0 Å². The summed E-state index contributed by atoms with van der Waals surface area (Å²) in [5.41, 5.74) is 1.75. The van der Waals surface area contributed by atoms with Crippen molar-refractivity contribution in [2.24, 2.45) is 5.92 Å². The van der Waals surface area contributed by atoms with E-state index in [1.165, 1.54) is 12.1 Å². The van der Waals surface area contributed by atoms with Gasteiger partial charge >= 0.3 is 0 Å². The van der Waals surface area contributed by atoms with Gasteiger partial charge in [-0.25, -0.2) is 9.37 Å². The summed E-state index contributed by atoms with van der Waals surface area (Å²) in [4.78, 5) is 4.26. The molecule has 0 atom stereocenters. The normalized spacial score (nSPS) is 10.9. The van der Waals surface area contributed by atoms with E-state index in [-0.39, 0.29) is 5.82 Å². The summed E-state index contributed by atoms with van der Waals surface area (Å²) in [6.45, 7) is 7.13. The summed E-state index contributed by atoms with van der Waals surface area (Å²) in [5, 5.41) is 3.18. The van der Waals surface area contributed by atoms with Gasteiger partial charge in [0.25, 0.3) is 0 Å². The van der Waals surface area contributed by atoms with Gasteiger partial charge < -0.3 is 9.88 Å². The van der Waals surface area contributed by atoms with Crippen molar-refractivity contribution < 1.29 is 4.39 Å². The molecule has 1 aromatic carbocycles. The number of aryl methyl sites for hydroxylation is 1. The minimum Gasteiger partial charge on any atom is -0.325 e. The molecule has 0 aliphatic rings. The molecule has 0 spiro atoms. The standard InChI is InChI=1S/C14H18FN3/c1-10(2)9-18-7-6-16-14(18)17-13-8-12(15)5-4-11(13)3/h4-8,10H,9H2,1-3H3,(H,16,17). The van der Waals surface area contributed by atoms with Gasteiger partial charge in [-0.3, -0.25) is 0 Å². The van der Waals surface area contributed by atoms with E-state index < -0.39 is 0 Å². The molecule has 0 radical (unpaired) electrons. The lowest BCUT2D eigenvalue weighted by atomic mass is 10.2. The van der Waals surface area contributed by atoms with Crippen LogP contribution in [-0.4, -0.2) is 9.55 Å². The van der Waals surface area contributed by atoms with E-state index >= 15 is 0 Å². The molecule has 2 rings (SSSR count). The third-order valence-corrected chi connectivity index (χ3v) is 2.72. The Hall–Kier alpha value is -1.84. The lowest BCUT2D eigenvalue weighted by Crippen LogP contribution is -2.08. The molecule has 1 aromatic heterocycles. The fourth-order valence-corrected chi connectivity index (χ4v) is 1.82. The second-order valence-corrected chi connectivity index (χ2v) is 4.88. The average Bonchev–Trinajstić information content (AvgIpc) is 2.70. The molecule has 18 heavy (non-hydrogen) atoms. The Morgan fingerprint density at radius 2 is 2.17 bits per heavy atom. The largest absolute Gasteiger partial charge is 0.325 e. The maximum atomic E-state index is 13.2. The predicted octanol–water partition coefficient (Wildman–Crippen LogP) is 3.73. The quantitative estimate of drug-likeness (QED) is 0.892. The zero-order valence-corrected chi connectivity index (χ0v) is 10.9. The van der Waals surface area contributed by atoms with E-state index in [1.54, 1.807) is 12.3 Å². The van der Waals surface area contributed by atoms with Gasteiger partial charge in [0.15, 0.2) is 0 Å². The fraction of sp³-hybridized carbons (Fsp3) is 0.357. The topological polar surface area (TPSA) is 29.9 Å². The first-order chi connectivity index (χ1) is 8.56. The third kappa shape index (κ3) is 2.88. The Labute approximate surface area is 107 Å². The first-order valence-electron chi connectivity index (χ1n) is 6.10. The Morgan fingerprint density at radius 3 is 2.89 bits per heavy atom. The molecule has 1 heterocycles. The molecule has 0 saturated carbocycles. The number of benzene rings is 1. The van der Waals surface area contributed by atoms with Crippen LogP contribution in [0.5, 0.6) is 0 Å². The van der Waals surface area contributed by atoms with Crippen LogP contribution in [0.1, 0.15) is 19.4 Å². The Bertz CT molecular complexity index is 532. The monoisotopic (exact) mass is 247 g/mol. The molecule has 96 valence electrons. The lowest BCUT2D eigenvalue weighted by molar-refractivity contribution is 0.527. The van der Waals surface area contributed by atoms with Gasteiger partial charge in [-0.1, -0.05) is 19.9 Å². The number of rotatable bonds is 4. The van der Waals surface area contributed by atoms with Gasteiger partial charge in [-0.15, -0.1) is 0 Å². The zero-order valence-electron chi connectivity index (χ0n) is 10.9. The Kier molecular flexibility index (Phi) is 3.65. The van der Waals surface area contributed by atoms with Crippen molar-refractivity contribution in [1.29, 1.82) is 0 Å². The van der Waals surface area contributed by atoms with Gasteiger partial charge in [-0.05, 0) is 30.5 Å². The maximum Gasteiger partial charge on any atom is 0.207 e. The van der Waals surface area contributed by atoms with Gasteiger partial charge in [-0.2, -0.15) is 0 Å². The molecule has 0 amide bonds. The molecule has 0 saturated heterocycles. The summed E-state index contributed by atoms with van der Waals surface area (Å²) in [7, 11) is 0. The molecule has 1 N–H and O–H groups in total. The third-order valence-electron chi connectivity index (χ3n) is 2.72. The number of hydrogen-bond donors (Lipinski definition) is 1. The molecule has 4 heteroatoms. The lowest BCUT2D eigenvalue weighted by Gasteiger charge is -2.13. The van der Waals surface area contributed by atoms with Crippen molar-refractivity contribution in [2.45, 2.75) is 27.3 Å². The Balaban J connectivity index is 2.23. The highest BCUT2D eigenvalue weighted by Crippen LogP contribution is 2.21. The van der Waals surface area contributed by atoms with E-state index in [4.69, 9.17) is 0 Å². The van der Waals surface area contributed by atoms with Crippen LogP contribution < -0.4 is 5.32 Å². The number of halogens is 1. The van der Waals surface area contributed by atoms with Crippen LogP contribution in [0.15, 0.2) is 30.6 Å². The molecule has 0 unspecified atom stereocenters. The minimum absolute atomic E-state index is 0.245. The van der Waals surface area contributed by atoms with Crippen molar-refractivity contribution in [3.8, 4) is 0 Å². The maximum absolute atomic E-state index is 13.2. The summed E-state index contributed by atoms with van der Waals surface area (Å²) < 4.78 is 15.3. The molecule has 0 aliphatic heterocycles. The highest BCUT2D eigenvalue weighted by molar-refractivity contribution is 5.58. The first-order valence-corrected chi connectivity index (χ1v) is 6.10. The summed E-state index contributed by atoms with van der Waals surface area (Å²) in [5.74, 6) is 1.04. The predicted molar refractivity (Wildman–Crippen MR) is 71.5 cm³/mol. The second-order valence-electron chi connectivity index (χ2n) is 4.88. The number of anilines is 2. The molecule has 3 nitrogen and oxygen atoms in total. The van der Waals surface area contributed by atoms with Crippen molar-refractivity contribution >= 4 is 11.6 Å². The van der Waals surface area contributed by atoms with Crippen LogP contribution >= 0.6 is 0 Å². The van der Waals surface area contributed by atoms with Crippen molar-refractivity contribution in [2.75, 3.05) is 5.32 Å². The van der Waals surface area contributed by atoms with Crippen LogP contribution in [0.4, 0.5) is 16.0 Å². The molecule has 0 aliphatic carbocycles. The summed E-state index contributed by atoms with van der Waals surface area (Å²) >= 11 is 0. The van der Waals surface area contributed by atoms with Gasteiger partial charge in [0.05, 0.1) is 0 Å². The number of nitrogens with one attached hydrogen (secondary N) is 1. The average molecular weight is 247 g/mol. The van der Waals surface area contributed by atoms with Crippen LogP contribution in [-0.2, 0) is 6.54 Å². The van der Waals surface area contributed by atoms with Crippen LogP contribution in [0, 0.1) is 18.7 Å². The Morgan fingerprint density at radius 1 is 1.39 bits per heavy atom. The highest BCUT2D eigenvalue weighted by atomic mass is 19.1. The van der Waals surface area contributed by atoms with Gasteiger partial charge in [0, 0.05) is 24.6 Å². The van der Waals surface area contributed by atoms with Crippen LogP contribution in [0.25, 0.3) is 0 Å². The second kappa shape index (κ2) is 5.21. The smallest absolute Gasteiger partial charge is 0.207 e. The van der Waals surface area contributed by atoms with E-state index in [2.05, 4.69) is 24.1 Å². The van der Waals surface area contributed by atoms with Gasteiger partial charge in [0.2, 0.25) is 5.95 Å². The first kappa shape index (κ1) is 12.6. The minimum atomic E-state index is -0.245. The molecule has 0 bridgehead atoms. The fourth-order valence-electron chi connectivity index (χ4n) is 1.82. The summed E-state index contributed by atoms with van der Waals surface area (Å²) in [6.07, 6.45) is 3.68. The van der Waals surface area contributed by atoms with E-state index in [0.717, 1.165) is 23.7 Å². The summed E-state index contributed by atoms with van der Waals surface area (Å²) in [6, 6.07) is 4.71. The van der Waals surface area contributed by atoms with Crippen molar-refractivity contribution in [1.82, 2.24) is 9.55 Å².